The number of morpholine rings is 1. The summed E-state index contributed by atoms with van der Waals surface area (Å²) in [7, 11) is 3.27. The van der Waals surface area contributed by atoms with Crippen molar-refractivity contribution in [2.24, 2.45) is 0 Å². The maximum atomic E-state index is 12.8. The molecule has 1 fully saturated rings. The van der Waals surface area contributed by atoms with Crippen LogP contribution < -0.4 is 10.1 Å². The number of nitrogens with one attached hydrogen (secondary N) is 1. The van der Waals surface area contributed by atoms with Gasteiger partial charge in [0.25, 0.3) is 5.91 Å². The number of hydrogen-bond acceptors (Lipinski definition) is 4. The molecule has 2 aromatic rings. The van der Waals surface area contributed by atoms with E-state index < -0.39 is 12.1 Å². The van der Waals surface area contributed by atoms with E-state index in [2.05, 4.69) is 5.32 Å². The van der Waals surface area contributed by atoms with Crippen molar-refractivity contribution in [1.29, 1.82) is 0 Å². The zero-order chi connectivity index (χ0) is 17.8. The van der Waals surface area contributed by atoms with Gasteiger partial charge in [-0.1, -0.05) is 30.3 Å². The molecule has 2 amide bonds. The second kappa shape index (κ2) is 7.36. The Morgan fingerprint density at radius 3 is 2.48 bits per heavy atom. The van der Waals surface area contributed by atoms with Crippen molar-refractivity contribution in [1.82, 2.24) is 4.90 Å². The van der Waals surface area contributed by atoms with Crippen molar-refractivity contribution in [3.63, 3.8) is 0 Å². The molecule has 6 heteroatoms. The highest BCUT2D eigenvalue weighted by Gasteiger charge is 2.39. The summed E-state index contributed by atoms with van der Waals surface area (Å²) in [4.78, 5) is 26.3. The third-order valence-electron chi connectivity index (χ3n) is 4.24. The van der Waals surface area contributed by atoms with Crippen molar-refractivity contribution < 1.29 is 19.1 Å². The number of likely N-dealkylation sites (N-methyl/N-ethyl adjacent to an activating group) is 1. The fourth-order valence-corrected chi connectivity index (χ4v) is 2.87. The van der Waals surface area contributed by atoms with Gasteiger partial charge in [-0.25, -0.2) is 0 Å². The van der Waals surface area contributed by atoms with E-state index in [4.69, 9.17) is 9.47 Å². The van der Waals surface area contributed by atoms with Crippen LogP contribution in [0.25, 0.3) is 0 Å². The smallest absolute Gasteiger partial charge is 0.256 e. The van der Waals surface area contributed by atoms with Crippen LogP contribution in [0.1, 0.15) is 11.6 Å². The highest BCUT2D eigenvalue weighted by Crippen LogP contribution is 2.29. The van der Waals surface area contributed by atoms with Gasteiger partial charge < -0.3 is 19.7 Å². The number of anilines is 1. The average Bonchev–Trinajstić information content (AvgIpc) is 2.65. The van der Waals surface area contributed by atoms with E-state index in [1.165, 1.54) is 0 Å². The van der Waals surface area contributed by atoms with E-state index in [0.717, 1.165) is 5.56 Å². The summed E-state index contributed by atoms with van der Waals surface area (Å²) in [5, 5.41) is 2.84. The first kappa shape index (κ1) is 17.0. The SMILES string of the molecule is COc1ccc(NC(=O)C2OCC(=O)N(C)C2c2ccccc2)cc1. The highest BCUT2D eigenvalue weighted by atomic mass is 16.5. The number of ether oxygens (including phenoxy) is 2. The van der Waals surface area contributed by atoms with Crippen LogP contribution in [-0.2, 0) is 14.3 Å². The summed E-state index contributed by atoms with van der Waals surface area (Å²) >= 11 is 0. The molecular weight excluding hydrogens is 320 g/mol. The molecule has 2 aromatic carbocycles. The Balaban J connectivity index is 1.82. The summed E-state index contributed by atoms with van der Waals surface area (Å²) < 4.78 is 10.7. The third-order valence-corrected chi connectivity index (χ3v) is 4.24. The molecule has 1 N–H and O–H groups in total. The van der Waals surface area contributed by atoms with E-state index in [-0.39, 0.29) is 18.4 Å². The van der Waals surface area contributed by atoms with E-state index in [1.807, 2.05) is 30.3 Å². The Bertz CT molecular complexity index is 746. The number of nitrogens with zero attached hydrogens (tertiary/aromatic N) is 1. The fourth-order valence-electron chi connectivity index (χ4n) is 2.87. The molecule has 1 saturated heterocycles. The van der Waals surface area contributed by atoms with Crippen LogP contribution in [0.5, 0.6) is 5.75 Å². The lowest BCUT2D eigenvalue weighted by atomic mass is 9.97. The Labute approximate surface area is 146 Å². The maximum Gasteiger partial charge on any atom is 0.256 e. The fraction of sp³-hybridized carbons (Fsp3) is 0.263. The number of benzene rings is 2. The first-order valence-electron chi connectivity index (χ1n) is 7.97. The van der Waals surface area contributed by atoms with Gasteiger partial charge in [0, 0.05) is 12.7 Å². The molecule has 6 nitrogen and oxygen atoms in total. The minimum atomic E-state index is -0.785. The third kappa shape index (κ3) is 3.64. The van der Waals surface area contributed by atoms with Crippen LogP contribution in [0, 0.1) is 0 Å². The molecule has 1 aliphatic rings. The molecule has 2 unspecified atom stereocenters. The Morgan fingerprint density at radius 1 is 1.16 bits per heavy atom. The lowest BCUT2D eigenvalue weighted by Crippen LogP contribution is -2.51. The Morgan fingerprint density at radius 2 is 1.84 bits per heavy atom. The summed E-state index contributed by atoms with van der Waals surface area (Å²) in [5.74, 6) is 0.264. The Kier molecular flexibility index (Phi) is 5.00. The number of rotatable bonds is 4. The van der Waals surface area contributed by atoms with Crippen LogP contribution in [0.3, 0.4) is 0 Å². The molecule has 0 bridgehead atoms. The molecule has 25 heavy (non-hydrogen) atoms. The van der Waals surface area contributed by atoms with Gasteiger partial charge in [0.1, 0.15) is 12.4 Å². The molecule has 0 spiro atoms. The van der Waals surface area contributed by atoms with E-state index >= 15 is 0 Å². The first-order valence-corrected chi connectivity index (χ1v) is 7.97. The summed E-state index contributed by atoms with van der Waals surface area (Å²) in [5.41, 5.74) is 1.49. The van der Waals surface area contributed by atoms with Crippen molar-refractivity contribution in [3.05, 3.63) is 60.2 Å². The Hall–Kier alpha value is -2.86. The molecular formula is C19H20N2O4. The molecule has 0 aromatic heterocycles. The summed E-state index contributed by atoms with van der Waals surface area (Å²) in [6.45, 7) is -0.111. The predicted octanol–water partition coefficient (Wildman–Crippen LogP) is 2.23. The summed E-state index contributed by atoms with van der Waals surface area (Å²) in [6.07, 6.45) is -0.785. The standard InChI is InChI=1S/C19H20N2O4/c1-21-16(22)12-25-18(17(21)13-6-4-3-5-7-13)19(23)20-14-8-10-15(24-2)11-9-14/h3-11,17-18H,12H2,1-2H3,(H,20,23). The lowest BCUT2D eigenvalue weighted by Gasteiger charge is -2.38. The first-order chi connectivity index (χ1) is 12.1. The van der Waals surface area contributed by atoms with Gasteiger partial charge in [0.2, 0.25) is 5.91 Å². The molecule has 0 radical (unpaired) electrons. The van der Waals surface area contributed by atoms with Crippen molar-refractivity contribution in [2.75, 3.05) is 26.1 Å². The minimum absolute atomic E-state index is 0.111. The molecule has 1 aliphatic heterocycles. The van der Waals surface area contributed by atoms with E-state index in [0.29, 0.717) is 11.4 Å². The number of hydrogen-bond donors (Lipinski definition) is 1. The van der Waals surface area contributed by atoms with Crippen molar-refractivity contribution in [2.45, 2.75) is 12.1 Å². The topological polar surface area (TPSA) is 67.9 Å². The second-order valence-electron chi connectivity index (χ2n) is 5.81. The normalized spacial score (nSPS) is 20.2. The highest BCUT2D eigenvalue weighted by molar-refractivity contribution is 5.96. The van der Waals surface area contributed by atoms with Crippen LogP contribution in [0.2, 0.25) is 0 Å². The van der Waals surface area contributed by atoms with Crippen molar-refractivity contribution >= 4 is 17.5 Å². The second-order valence-corrected chi connectivity index (χ2v) is 5.81. The minimum Gasteiger partial charge on any atom is -0.497 e. The monoisotopic (exact) mass is 340 g/mol. The largest absolute Gasteiger partial charge is 0.497 e. The maximum absolute atomic E-state index is 12.8. The molecule has 0 aliphatic carbocycles. The lowest BCUT2D eigenvalue weighted by molar-refractivity contribution is -0.160. The van der Waals surface area contributed by atoms with Crippen LogP contribution in [-0.4, -0.2) is 43.6 Å². The number of methoxy groups -OCH3 is 1. The zero-order valence-electron chi connectivity index (χ0n) is 14.1. The predicted molar refractivity (Wildman–Crippen MR) is 93.3 cm³/mol. The van der Waals surface area contributed by atoms with Crippen LogP contribution >= 0.6 is 0 Å². The number of carbonyl (C=O) groups excluding carboxylic acids is 2. The molecule has 2 atom stereocenters. The number of carbonyl (C=O) groups is 2. The van der Waals surface area contributed by atoms with Crippen molar-refractivity contribution in [3.8, 4) is 5.75 Å². The molecule has 0 saturated carbocycles. The molecule has 130 valence electrons. The summed E-state index contributed by atoms with van der Waals surface area (Å²) in [6, 6.07) is 16.0. The molecule has 3 rings (SSSR count). The van der Waals surface area contributed by atoms with Crippen LogP contribution in [0.4, 0.5) is 5.69 Å². The van der Waals surface area contributed by atoms with Gasteiger partial charge in [-0.3, -0.25) is 9.59 Å². The van der Waals surface area contributed by atoms with Gasteiger partial charge in [0.05, 0.1) is 13.2 Å². The van der Waals surface area contributed by atoms with Gasteiger partial charge >= 0.3 is 0 Å². The van der Waals surface area contributed by atoms with E-state index in [1.54, 1.807) is 43.3 Å². The van der Waals surface area contributed by atoms with Gasteiger partial charge in [-0.05, 0) is 29.8 Å². The van der Waals surface area contributed by atoms with Crippen LogP contribution in [0.15, 0.2) is 54.6 Å². The van der Waals surface area contributed by atoms with Gasteiger partial charge in [0.15, 0.2) is 6.10 Å². The van der Waals surface area contributed by atoms with Gasteiger partial charge in [-0.15, -0.1) is 0 Å². The number of amides is 2. The molecule has 1 heterocycles. The zero-order valence-corrected chi connectivity index (χ0v) is 14.1. The average molecular weight is 340 g/mol. The quantitative estimate of drug-likeness (QED) is 0.927. The van der Waals surface area contributed by atoms with E-state index in [9.17, 15) is 9.59 Å². The van der Waals surface area contributed by atoms with Gasteiger partial charge in [-0.2, -0.15) is 0 Å².